The van der Waals surface area contributed by atoms with Crippen molar-refractivity contribution in [2.45, 2.75) is 49.9 Å². The van der Waals surface area contributed by atoms with E-state index in [9.17, 15) is 4.79 Å². The number of carbonyl (C=O) groups is 1. The molecule has 1 saturated carbocycles. The molecule has 1 heterocycles. The maximum atomic E-state index is 13.5. The van der Waals surface area contributed by atoms with E-state index in [1.807, 2.05) is 37.3 Å². The Bertz CT molecular complexity index is 790. The Balaban J connectivity index is 1.75. The van der Waals surface area contributed by atoms with Gasteiger partial charge < -0.3 is 4.90 Å². The number of hydrogen-bond donors (Lipinski definition) is 0. The highest BCUT2D eigenvalue weighted by Crippen LogP contribution is 2.52. The topological polar surface area (TPSA) is 20.3 Å². The van der Waals surface area contributed by atoms with Crippen molar-refractivity contribution in [3.63, 3.8) is 0 Å². The van der Waals surface area contributed by atoms with E-state index in [1.54, 1.807) is 0 Å². The molecule has 1 aliphatic heterocycles. The molecule has 3 heteroatoms. The summed E-state index contributed by atoms with van der Waals surface area (Å²) in [6.45, 7) is 2.74. The lowest BCUT2D eigenvalue weighted by molar-refractivity contribution is 0.0279. The maximum Gasteiger partial charge on any atom is 0.254 e. The fourth-order valence-corrected chi connectivity index (χ4v) is 5.35. The average molecular weight is 368 g/mol. The first-order valence-corrected chi connectivity index (χ1v) is 10.1. The predicted octanol–water partition coefficient (Wildman–Crippen LogP) is 5.75. The lowest BCUT2D eigenvalue weighted by Crippen LogP contribution is -2.53. The summed E-state index contributed by atoms with van der Waals surface area (Å²) in [6, 6.07) is 18.4. The van der Waals surface area contributed by atoms with Crippen molar-refractivity contribution in [2.24, 2.45) is 5.92 Å². The van der Waals surface area contributed by atoms with Gasteiger partial charge in [0.1, 0.15) is 0 Å². The second kappa shape index (κ2) is 7.08. The molecule has 3 atom stereocenters. The van der Waals surface area contributed by atoms with Crippen LogP contribution in [0.5, 0.6) is 0 Å². The second-order valence-corrected chi connectivity index (χ2v) is 8.56. The van der Waals surface area contributed by atoms with Gasteiger partial charge >= 0.3 is 0 Å². The zero-order valence-corrected chi connectivity index (χ0v) is 16.1. The molecule has 2 aliphatic rings. The van der Waals surface area contributed by atoms with Gasteiger partial charge in [0.15, 0.2) is 0 Å². The Morgan fingerprint density at radius 2 is 1.77 bits per heavy atom. The van der Waals surface area contributed by atoms with Crippen LogP contribution in [0.25, 0.3) is 0 Å². The Hall–Kier alpha value is -1.80. The maximum absolute atomic E-state index is 13.5. The van der Waals surface area contributed by atoms with Gasteiger partial charge in [0.2, 0.25) is 0 Å². The van der Waals surface area contributed by atoms with E-state index in [1.165, 1.54) is 18.4 Å². The number of hydrogen-bond acceptors (Lipinski definition) is 1. The molecule has 136 valence electrons. The van der Waals surface area contributed by atoms with Gasteiger partial charge in [-0.15, -0.1) is 11.6 Å². The number of rotatable bonds is 2. The lowest BCUT2D eigenvalue weighted by Gasteiger charge is -2.52. The van der Waals surface area contributed by atoms with Gasteiger partial charge in [-0.1, -0.05) is 61.4 Å². The van der Waals surface area contributed by atoms with Crippen molar-refractivity contribution in [3.05, 3.63) is 71.3 Å². The highest BCUT2D eigenvalue weighted by atomic mass is 35.5. The lowest BCUT2D eigenvalue weighted by atomic mass is 9.68. The monoisotopic (exact) mass is 367 g/mol. The molecule has 2 aromatic rings. The average Bonchev–Trinajstić information content (AvgIpc) is 2.67. The van der Waals surface area contributed by atoms with Crippen molar-refractivity contribution in [1.82, 2.24) is 4.90 Å². The highest BCUT2D eigenvalue weighted by molar-refractivity contribution is 6.24. The quantitative estimate of drug-likeness (QED) is 0.619. The standard InChI is InChI=1S/C23H26ClNO/c1-17-9-5-6-12-19(17)22(26)25-16-15-23(24)14-8-7-13-20(23)21(25)18-10-3-2-4-11-18/h2-6,9-12,20-21H,7-8,13-16H2,1H3. The molecule has 26 heavy (non-hydrogen) atoms. The molecule has 2 nitrogen and oxygen atoms in total. The van der Waals surface area contributed by atoms with Crippen molar-refractivity contribution < 1.29 is 4.79 Å². The Labute approximate surface area is 161 Å². The Kier molecular flexibility index (Phi) is 4.79. The van der Waals surface area contributed by atoms with Gasteiger partial charge in [-0.3, -0.25) is 4.79 Å². The van der Waals surface area contributed by atoms with Gasteiger partial charge in [-0.2, -0.15) is 0 Å². The van der Waals surface area contributed by atoms with Crippen LogP contribution >= 0.6 is 11.6 Å². The zero-order chi connectivity index (χ0) is 18.1. The number of carbonyl (C=O) groups excluding carboxylic acids is 1. The molecule has 2 aromatic carbocycles. The first-order chi connectivity index (χ1) is 12.6. The van der Waals surface area contributed by atoms with E-state index in [0.29, 0.717) is 5.92 Å². The van der Waals surface area contributed by atoms with E-state index < -0.39 is 0 Å². The van der Waals surface area contributed by atoms with E-state index in [2.05, 4.69) is 29.2 Å². The largest absolute Gasteiger partial charge is 0.331 e. The predicted molar refractivity (Wildman–Crippen MR) is 107 cm³/mol. The van der Waals surface area contributed by atoms with E-state index in [0.717, 1.165) is 36.9 Å². The normalized spacial score (nSPS) is 28.5. The van der Waals surface area contributed by atoms with Gasteiger partial charge in [0, 0.05) is 18.0 Å². The first-order valence-electron chi connectivity index (χ1n) is 9.71. The van der Waals surface area contributed by atoms with Gasteiger partial charge in [0.05, 0.1) is 10.9 Å². The summed E-state index contributed by atoms with van der Waals surface area (Å²) < 4.78 is 0. The zero-order valence-electron chi connectivity index (χ0n) is 15.3. The molecular formula is C23H26ClNO. The number of aryl methyl sites for hydroxylation is 1. The van der Waals surface area contributed by atoms with Crippen LogP contribution in [0, 0.1) is 12.8 Å². The number of benzene rings is 2. The number of amides is 1. The summed E-state index contributed by atoms with van der Waals surface area (Å²) in [7, 11) is 0. The van der Waals surface area contributed by atoms with E-state index in [-0.39, 0.29) is 16.8 Å². The van der Waals surface area contributed by atoms with Crippen LogP contribution < -0.4 is 0 Å². The second-order valence-electron chi connectivity index (χ2n) is 7.81. The summed E-state index contributed by atoms with van der Waals surface area (Å²) in [5.41, 5.74) is 3.06. The number of piperidine rings is 1. The molecule has 0 N–H and O–H groups in total. The van der Waals surface area contributed by atoms with Gasteiger partial charge in [-0.05, 0) is 43.4 Å². The smallest absolute Gasteiger partial charge is 0.254 e. The Morgan fingerprint density at radius 1 is 1.04 bits per heavy atom. The molecule has 2 fully saturated rings. The summed E-state index contributed by atoms with van der Waals surface area (Å²) in [4.78, 5) is 15.4. The van der Waals surface area contributed by atoms with Crippen LogP contribution in [0.4, 0.5) is 0 Å². The van der Waals surface area contributed by atoms with Gasteiger partial charge in [0.25, 0.3) is 5.91 Å². The van der Waals surface area contributed by atoms with Crippen LogP contribution in [-0.4, -0.2) is 22.2 Å². The molecule has 1 saturated heterocycles. The van der Waals surface area contributed by atoms with Crippen molar-refractivity contribution >= 4 is 17.5 Å². The number of likely N-dealkylation sites (tertiary alicyclic amines) is 1. The van der Waals surface area contributed by atoms with E-state index in [4.69, 9.17) is 11.6 Å². The molecule has 0 aromatic heterocycles. The number of halogens is 1. The van der Waals surface area contributed by atoms with E-state index >= 15 is 0 Å². The Morgan fingerprint density at radius 3 is 2.54 bits per heavy atom. The van der Waals surface area contributed by atoms with Gasteiger partial charge in [-0.25, -0.2) is 0 Å². The molecule has 0 bridgehead atoms. The van der Waals surface area contributed by atoms with Crippen LogP contribution in [0.2, 0.25) is 0 Å². The fourth-order valence-electron chi connectivity index (χ4n) is 4.90. The minimum atomic E-state index is -0.165. The van der Waals surface area contributed by atoms with Crippen molar-refractivity contribution in [1.29, 1.82) is 0 Å². The summed E-state index contributed by atoms with van der Waals surface area (Å²) in [5.74, 6) is 0.461. The van der Waals surface area contributed by atoms with Crippen LogP contribution in [-0.2, 0) is 0 Å². The third-order valence-electron chi connectivity index (χ3n) is 6.28. The van der Waals surface area contributed by atoms with Crippen molar-refractivity contribution in [2.75, 3.05) is 6.54 Å². The summed E-state index contributed by atoms with van der Waals surface area (Å²) in [5, 5.41) is 0. The minimum Gasteiger partial charge on any atom is -0.331 e. The van der Waals surface area contributed by atoms with Crippen LogP contribution in [0.15, 0.2) is 54.6 Å². The molecular weight excluding hydrogens is 342 g/mol. The third-order valence-corrected chi connectivity index (χ3v) is 6.94. The van der Waals surface area contributed by atoms with Crippen LogP contribution in [0.1, 0.15) is 59.6 Å². The molecule has 3 unspecified atom stereocenters. The molecule has 1 aliphatic carbocycles. The minimum absolute atomic E-state index is 0.0647. The summed E-state index contributed by atoms with van der Waals surface area (Å²) >= 11 is 7.13. The number of fused-ring (bicyclic) bond motifs is 1. The fraction of sp³-hybridized carbons (Fsp3) is 0.435. The summed E-state index contributed by atoms with van der Waals surface area (Å²) in [6.07, 6.45) is 5.46. The molecule has 1 amide bonds. The molecule has 0 spiro atoms. The number of nitrogens with zero attached hydrogens (tertiary/aromatic N) is 1. The molecule has 4 rings (SSSR count). The molecule has 0 radical (unpaired) electrons. The number of alkyl halides is 1. The first kappa shape index (κ1) is 17.6. The highest BCUT2D eigenvalue weighted by Gasteiger charge is 2.50. The van der Waals surface area contributed by atoms with Crippen molar-refractivity contribution in [3.8, 4) is 0 Å². The SMILES string of the molecule is Cc1ccccc1C(=O)N1CCC2(Cl)CCCCC2C1c1ccccc1. The third kappa shape index (κ3) is 3.05. The van der Waals surface area contributed by atoms with Crippen LogP contribution in [0.3, 0.4) is 0 Å².